The van der Waals surface area contributed by atoms with Crippen LogP contribution < -0.4 is 4.90 Å². The first-order chi connectivity index (χ1) is 13.7. The summed E-state index contributed by atoms with van der Waals surface area (Å²) in [6.45, 7) is 2.89. The molecule has 3 aliphatic heterocycles. The molecule has 3 aromatic rings. The highest BCUT2D eigenvalue weighted by Gasteiger charge is 2.36. The summed E-state index contributed by atoms with van der Waals surface area (Å²) in [5.41, 5.74) is 2.66. The molecule has 9 nitrogen and oxygen atoms in total. The number of nitrogens with zero attached hydrogens (tertiary/aromatic N) is 8. The molecule has 0 amide bonds. The Bertz CT molecular complexity index is 1100. The van der Waals surface area contributed by atoms with Gasteiger partial charge in [-0.1, -0.05) is 21.8 Å². The van der Waals surface area contributed by atoms with E-state index < -0.39 is 0 Å². The lowest BCUT2D eigenvalue weighted by molar-refractivity contribution is 0.104. The van der Waals surface area contributed by atoms with Crippen LogP contribution in [-0.2, 0) is 4.74 Å². The Morgan fingerprint density at radius 2 is 2.07 bits per heavy atom. The third-order valence-corrected chi connectivity index (χ3v) is 5.59. The molecule has 1 saturated heterocycles. The predicted molar refractivity (Wildman–Crippen MR) is 97.7 cm³/mol. The minimum absolute atomic E-state index is 0.109. The number of hydrogen-bond donors (Lipinski definition) is 0. The quantitative estimate of drug-likeness (QED) is 0.631. The lowest BCUT2D eigenvalue weighted by Crippen LogP contribution is -2.29. The molecular formula is C18H17FN8O. The Balaban J connectivity index is 1.50. The summed E-state index contributed by atoms with van der Waals surface area (Å²) < 4.78 is 23.2. The maximum absolute atomic E-state index is 14.1. The van der Waals surface area contributed by atoms with E-state index in [1.807, 2.05) is 46.9 Å². The molecule has 0 saturated carbocycles. The van der Waals surface area contributed by atoms with Crippen molar-refractivity contribution < 1.29 is 9.22 Å². The van der Waals surface area contributed by atoms with Crippen LogP contribution in [0.2, 0.25) is 0 Å². The standard InChI is InChI=1S/C18H17FN8O/c1-11-12(6-7-28-11)14-8-26(23-20-14)18-22-21-17-13-4-2-3-5-15(13)25-10-24(19)9-16(25)27(17)18/h2-5,8-9,11-12H,6-7,10H2,1H3. The van der Waals surface area contributed by atoms with Gasteiger partial charge in [-0.05, 0) is 25.5 Å². The lowest BCUT2D eigenvalue weighted by Gasteiger charge is -2.29. The first-order valence-electron chi connectivity index (χ1n) is 9.22. The molecule has 0 radical (unpaired) electrons. The zero-order valence-corrected chi connectivity index (χ0v) is 15.1. The summed E-state index contributed by atoms with van der Waals surface area (Å²) in [6.07, 6.45) is 4.33. The minimum Gasteiger partial charge on any atom is -0.378 e. The smallest absolute Gasteiger partial charge is 0.259 e. The Morgan fingerprint density at radius 3 is 2.93 bits per heavy atom. The van der Waals surface area contributed by atoms with Crippen molar-refractivity contribution in [2.45, 2.75) is 25.4 Å². The molecule has 0 N–H and O–H groups in total. The monoisotopic (exact) mass is 380 g/mol. The second-order valence-corrected chi connectivity index (χ2v) is 7.19. The van der Waals surface area contributed by atoms with Crippen LogP contribution in [0.3, 0.4) is 0 Å². The van der Waals surface area contributed by atoms with E-state index in [0.29, 0.717) is 22.7 Å². The Hall–Kier alpha value is -3.27. The van der Waals surface area contributed by atoms with Gasteiger partial charge in [0.05, 0.1) is 29.9 Å². The second-order valence-electron chi connectivity index (χ2n) is 7.19. The fourth-order valence-electron chi connectivity index (χ4n) is 4.19. The number of anilines is 1. The summed E-state index contributed by atoms with van der Waals surface area (Å²) in [5.74, 6) is 1.98. The van der Waals surface area contributed by atoms with Gasteiger partial charge in [-0.25, -0.2) is 4.57 Å². The van der Waals surface area contributed by atoms with Gasteiger partial charge < -0.3 is 9.64 Å². The van der Waals surface area contributed by atoms with Gasteiger partial charge in [0.15, 0.2) is 5.82 Å². The third-order valence-electron chi connectivity index (χ3n) is 5.59. The minimum atomic E-state index is 0.109. The molecule has 10 heteroatoms. The van der Waals surface area contributed by atoms with Crippen LogP contribution in [0.25, 0.3) is 23.2 Å². The van der Waals surface area contributed by atoms with Gasteiger partial charge in [0, 0.05) is 18.1 Å². The van der Waals surface area contributed by atoms with E-state index in [1.54, 1.807) is 4.68 Å². The Morgan fingerprint density at radius 1 is 1.18 bits per heavy atom. The van der Waals surface area contributed by atoms with Crippen LogP contribution >= 0.6 is 0 Å². The van der Waals surface area contributed by atoms with E-state index in [4.69, 9.17) is 4.74 Å². The summed E-state index contributed by atoms with van der Waals surface area (Å²) in [5, 5.41) is 18.0. The van der Waals surface area contributed by atoms with E-state index >= 15 is 0 Å². The van der Waals surface area contributed by atoms with Gasteiger partial charge in [-0.15, -0.1) is 15.3 Å². The van der Waals surface area contributed by atoms with Crippen molar-refractivity contribution in [3.05, 3.63) is 42.4 Å². The maximum atomic E-state index is 14.1. The van der Waals surface area contributed by atoms with Crippen molar-refractivity contribution in [2.24, 2.45) is 0 Å². The molecule has 0 bridgehead atoms. The number of ether oxygens (including phenoxy) is 1. The molecule has 2 aromatic heterocycles. The largest absolute Gasteiger partial charge is 0.378 e. The number of benzene rings is 1. The van der Waals surface area contributed by atoms with Gasteiger partial charge in [-0.2, -0.15) is 9.80 Å². The summed E-state index contributed by atoms with van der Waals surface area (Å²) in [7, 11) is 0. The van der Waals surface area contributed by atoms with Crippen molar-refractivity contribution in [1.29, 1.82) is 0 Å². The molecule has 1 fully saturated rings. The lowest BCUT2D eigenvalue weighted by atomic mass is 10.00. The summed E-state index contributed by atoms with van der Waals surface area (Å²) >= 11 is 0. The third kappa shape index (κ3) is 2.09. The SMILES string of the molecule is CC1OCCC1c1cn(-c2nnc3n2C2=CN(F)CN2c2ccccc2-3)nn1. The Kier molecular flexibility index (Phi) is 3.16. The van der Waals surface area contributed by atoms with Gasteiger partial charge in [-0.3, -0.25) is 0 Å². The molecule has 5 heterocycles. The maximum Gasteiger partial charge on any atom is 0.259 e. The van der Waals surface area contributed by atoms with Crippen molar-refractivity contribution in [3.63, 3.8) is 0 Å². The Labute approximate surface area is 159 Å². The number of para-hydroxylation sites is 1. The highest BCUT2D eigenvalue weighted by Crippen LogP contribution is 2.42. The van der Waals surface area contributed by atoms with Crippen LogP contribution in [0, 0.1) is 0 Å². The summed E-state index contributed by atoms with van der Waals surface area (Å²) in [6, 6.07) is 7.78. The zero-order valence-electron chi connectivity index (χ0n) is 15.1. The molecular weight excluding hydrogens is 363 g/mol. The topological polar surface area (TPSA) is 77.1 Å². The molecule has 142 valence electrons. The van der Waals surface area contributed by atoms with Crippen LogP contribution in [0.4, 0.5) is 10.2 Å². The zero-order chi connectivity index (χ0) is 18.8. The normalized spacial score (nSPS) is 22.9. The van der Waals surface area contributed by atoms with Crippen molar-refractivity contribution in [2.75, 3.05) is 18.2 Å². The van der Waals surface area contributed by atoms with Gasteiger partial charge in [0.2, 0.25) is 0 Å². The van der Waals surface area contributed by atoms with Crippen LogP contribution in [0.5, 0.6) is 0 Å². The van der Waals surface area contributed by atoms with E-state index in [-0.39, 0.29) is 18.7 Å². The predicted octanol–water partition coefficient (Wildman–Crippen LogP) is 2.15. The molecule has 3 aliphatic rings. The van der Waals surface area contributed by atoms with Crippen LogP contribution in [0.1, 0.15) is 25.0 Å². The molecule has 6 rings (SSSR count). The fourth-order valence-corrected chi connectivity index (χ4v) is 4.19. The average Bonchev–Trinajstić information content (AvgIpc) is 3.46. The number of aromatic nitrogens is 6. The van der Waals surface area contributed by atoms with Crippen molar-refractivity contribution in [1.82, 2.24) is 34.9 Å². The first kappa shape index (κ1) is 15.8. The van der Waals surface area contributed by atoms with Gasteiger partial charge >= 0.3 is 0 Å². The highest BCUT2D eigenvalue weighted by atomic mass is 19.2. The van der Waals surface area contributed by atoms with Gasteiger partial charge in [0.25, 0.3) is 5.95 Å². The fraction of sp³-hybridized carbons (Fsp3) is 0.333. The number of hydrogen-bond acceptors (Lipinski definition) is 7. The first-order valence-corrected chi connectivity index (χ1v) is 9.22. The van der Waals surface area contributed by atoms with Crippen LogP contribution in [0.15, 0.2) is 36.7 Å². The van der Waals surface area contributed by atoms with E-state index in [2.05, 4.69) is 20.5 Å². The molecule has 0 aliphatic carbocycles. The molecule has 28 heavy (non-hydrogen) atoms. The molecule has 2 unspecified atom stereocenters. The highest BCUT2D eigenvalue weighted by molar-refractivity contribution is 5.89. The van der Waals surface area contributed by atoms with Crippen molar-refractivity contribution >= 4 is 11.5 Å². The number of rotatable bonds is 2. The van der Waals surface area contributed by atoms with E-state index in [1.165, 1.54) is 6.20 Å². The second kappa shape index (κ2) is 5.61. The van der Waals surface area contributed by atoms with E-state index in [0.717, 1.165) is 30.0 Å². The molecule has 2 atom stereocenters. The van der Waals surface area contributed by atoms with Crippen LogP contribution in [-0.4, -0.2) is 54.3 Å². The van der Waals surface area contributed by atoms with Gasteiger partial charge in [0.1, 0.15) is 12.5 Å². The number of fused-ring (bicyclic) bond motifs is 6. The molecule has 1 aromatic carbocycles. The summed E-state index contributed by atoms with van der Waals surface area (Å²) in [4.78, 5) is 1.89. The van der Waals surface area contributed by atoms with Crippen molar-refractivity contribution in [3.8, 4) is 17.3 Å². The average molecular weight is 380 g/mol. The van der Waals surface area contributed by atoms with E-state index in [9.17, 15) is 4.48 Å². The number of halogens is 1. The molecule has 0 spiro atoms.